The third-order valence-electron chi connectivity index (χ3n) is 2.01. The van der Waals surface area contributed by atoms with Crippen LogP contribution in [0.3, 0.4) is 0 Å². The predicted molar refractivity (Wildman–Crippen MR) is 58.4 cm³/mol. The minimum atomic E-state index is -0.999. The number of primary amides is 1. The van der Waals surface area contributed by atoms with E-state index in [2.05, 4.69) is 4.98 Å². The maximum atomic E-state index is 11.1. The second-order valence-electron chi connectivity index (χ2n) is 3.44. The van der Waals surface area contributed by atoms with Crippen LogP contribution in [-0.4, -0.2) is 35.6 Å². The van der Waals surface area contributed by atoms with Crippen molar-refractivity contribution >= 4 is 17.7 Å². The summed E-state index contributed by atoms with van der Waals surface area (Å²) in [7, 11) is 1.54. The van der Waals surface area contributed by atoms with Crippen molar-refractivity contribution in [2.45, 2.75) is 6.92 Å². The van der Waals surface area contributed by atoms with Gasteiger partial charge in [-0.2, -0.15) is 0 Å². The van der Waals surface area contributed by atoms with Gasteiger partial charge in [0.05, 0.1) is 5.56 Å². The number of carboxylic acid groups (broad SMARTS) is 1. The van der Waals surface area contributed by atoms with Crippen LogP contribution in [0.25, 0.3) is 0 Å². The Hall–Kier alpha value is -2.11. The molecule has 86 valence electrons. The molecule has 0 aliphatic rings. The van der Waals surface area contributed by atoms with Crippen LogP contribution in [0.4, 0.5) is 5.82 Å². The number of hydrogen-bond donors (Lipinski definition) is 2. The first-order valence-electron chi connectivity index (χ1n) is 4.62. The summed E-state index contributed by atoms with van der Waals surface area (Å²) in [5, 5.41) is 8.66. The van der Waals surface area contributed by atoms with Crippen LogP contribution in [0.1, 0.15) is 16.1 Å². The number of aliphatic carboxylic acids is 1. The number of hydrogen-bond acceptors (Lipinski definition) is 4. The number of aryl methyl sites for hydroxylation is 1. The van der Waals surface area contributed by atoms with E-state index in [1.807, 2.05) is 0 Å². The number of carbonyl (C=O) groups excluding carboxylic acids is 1. The standard InChI is InChI=1S/C10H13N3O3/c1-6-3-4-7(9(11)16)10(12-6)13(2)5-8(14)15/h3-4H,5H2,1-2H3,(H2,11,16)(H,14,15). The second-order valence-corrected chi connectivity index (χ2v) is 3.44. The fourth-order valence-corrected chi connectivity index (χ4v) is 1.30. The van der Waals surface area contributed by atoms with Crippen molar-refractivity contribution in [3.8, 4) is 0 Å². The van der Waals surface area contributed by atoms with E-state index in [-0.39, 0.29) is 17.9 Å². The van der Waals surface area contributed by atoms with Crippen LogP contribution in [0.15, 0.2) is 12.1 Å². The number of rotatable bonds is 4. The summed E-state index contributed by atoms with van der Waals surface area (Å²) in [6, 6.07) is 3.19. The molecule has 1 aromatic rings. The first-order chi connectivity index (χ1) is 7.41. The molecule has 6 nitrogen and oxygen atoms in total. The fourth-order valence-electron chi connectivity index (χ4n) is 1.30. The van der Waals surface area contributed by atoms with Crippen molar-refractivity contribution < 1.29 is 14.7 Å². The summed E-state index contributed by atoms with van der Waals surface area (Å²) in [5.74, 6) is -1.34. The van der Waals surface area contributed by atoms with E-state index in [0.29, 0.717) is 5.69 Å². The maximum absolute atomic E-state index is 11.1. The van der Waals surface area contributed by atoms with E-state index in [1.54, 1.807) is 26.1 Å². The van der Waals surface area contributed by atoms with Gasteiger partial charge in [0, 0.05) is 12.7 Å². The summed E-state index contributed by atoms with van der Waals surface area (Å²) in [6.07, 6.45) is 0. The molecule has 0 atom stereocenters. The molecule has 0 fully saturated rings. The molecule has 1 heterocycles. The molecule has 0 aromatic carbocycles. The van der Waals surface area contributed by atoms with Gasteiger partial charge in [-0.15, -0.1) is 0 Å². The molecular formula is C10H13N3O3. The van der Waals surface area contributed by atoms with Crippen LogP contribution < -0.4 is 10.6 Å². The fraction of sp³-hybridized carbons (Fsp3) is 0.300. The van der Waals surface area contributed by atoms with Gasteiger partial charge in [-0.1, -0.05) is 0 Å². The SMILES string of the molecule is Cc1ccc(C(N)=O)c(N(C)CC(=O)O)n1. The zero-order valence-electron chi connectivity index (χ0n) is 9.10. The molecule has 1 amide bonds. The molecule has 1 aromatic heterocycles. The number of aromatic nitrogens is 1. The van der Waals surface area contributed by atoms with E-state index in [4.69, 9.17) is 10.8 Å². The lowest BCUT2D eigenvalue weighted by atomic mass is 10.2. The molecule has 6 heteroatoms. The van der Waals surface area contributed by atoms with Crippen LogP contribution in [-0.2, 0) is 4.79 Å². The molecule has 0 aliphatic carbocycles. The average Bonchev–Trinajstić information content (AvgIpc) is 2.15. The van der Waals surface area contributed by atoms with E-state index in [9.17, 15) is 9.59 Å². The van der Waals surface area contributed by atoms with Crippen molar-refractivity contribution in [3.63, 3.8) is 0 Å². The zero-order valence-corrected chi connectivity index (χ0v) is 9.10. The predicted octanol–water partition coefficient (Wildman–Crippen LogP) is 0.00972. The van der Waals surface area contributed by atoms with Crippen molar-refractivity contribution in [3.05, 3.63) is 23.4 Å². The quantitative estimate of drug-likeness (QED) is 0.749. The number of carboxylic acids is 1. The Bertz CT molecular complexity index is 431. The number of nitrogens with zero attached hydrogens (tertiary/aromatic N) is 2. The Labute approximate surface area is 92.7 Å². The van der Waals surface area contributed by atoms with Crippen molar-refractivity contribution in [2.75, 3.05) is 18.5 Å². The summed E-state index contributed by atoms with van der Waals surface area (Å²) >= 11 is 0. The largest absolute Gasteiger partial charge is 0.480 e. The van der Waals surface area contributed by atoms with E-state index in [0.717, 1.165) is 0 Å². The Morgan fingerprint density at radius 1 is 1.50 bits per heavy atom. The number of pyridine rings is 1. The van der Waals surface area contributed by atoms with Crippen molar-refractivity contribution in [2.24, 2.45) is 5.73 Å². The van der Waals surface area contributed by atoms with Crippen molar-refractivity contribution in [1.29, 1.82) is 0 Å². The van der Waals surface area contributed by atoms with Gasteiger partial charge in [-0.25, -0.2) is 4.98 Å². The molecule has 0 radical (unpaired) electrons. The highest BCUT2D eigenvalue weighted by molar-refractivity contribution is 5.98. The summed E-state index contributed by atoms with van der Waals surface area (Å²) < 4.78 is 0. The molecule has 0 unspecified atom stereocenters. The lowest BCUT2D eigenvalue weighted by Gasteiger charge is -2.18. The zero-order chi connectivity index (χ0) is 12.3. The molecule has 0 saturated carbocycles. The summed E-state index contributed by atoms with van der Waals surface area (Å²) in [5.41, 5.74) is 6.09. The number of anilines is 1. The minimum Gasteiger partial charge on any atom is -0.480 e. The normalized spacial score (nSPS) is 9.88. The minimum absolute atomic E-state index is 0.217. The maximum Gasteiger partial charge on any atom is 0.323 e. The number of amides is 1. The first kappa shape index (κ1) is 12.0. The molecule has 1 rings (SSSR count). The van der Waals surface area contributed by atoms with Gasteiger partial charge >= 0.3 is 5.97 Å². The topological polar surface area (TPSA) is 96.5 Å². The summed E-state index contributed by atoms with van der Waals surface area (Å²) in [4.78, 5) is 27.2. The molecule has 0 aliphatic heterocycles. The van der Waals surface area contributed by atoms with Gasteiger partial charge in [-0.3, -0.25) is 9.59 Å². The Balaban J connectivity index is 3.13. The highest BCUT2D eigenvalue weighted by Crippen LogP contribution is 2.16. The average molecular weight is 223 g/mol. The number of carbonyl (C=O) groups is 2. The Kier molecular flexibility index (Phi) is 3.44. The Morgan fingerprint density at radius 3 is 2.62 bits per heavy atom. The molecule has 0 bridgehead atoms. The van der Waals surface area contributed by atoms with Gasteiger partial charge < -0.3 is 15.7 Å². The highest BCUT2D eigenvalue weighted by Gasteiger charge is 2.15. The Morgan fingerprint density at radius 2 is 2.12 bits per heavy atom. The molecular weight excluding hydrogens is 210 g/mol. The molecule has 0 spiro atoms. The van der Waals surface area contributed by atoms with E-state index in [1.165, 1.54) is 4.90 Å². The lowest BCUT2D eigenvalue weighted by Crippen LogP contribution is -2.29. The first-order valence-corrected chi connectivity index (χ1v) is 4.62. The lowest BCUT2D eigenvalue weighted by molar-refractivity contribution is -0.135. The van der Waals surface area contributed by atoms with Gasteiger partial charge in [0.2, 0.25) is 0 Å². The third-order valence-corrected chi connectivity index (χ3v) is 2.01. The van der Waals surface area contributed by atoms with Gasteiger partial charge in [0.15, 0.2) is 0 Å². The third kappa shape index (κ3) is 2.69. The van der Waals surface area contributed by atoms with E-state index >= 15 is 0 Å². The van der Waals surface area contributed by atoms with E-state index < -0.39 is 11.9 Å². The number of nitrogens with two attached hydrogens (primary N) is 1. The molecule has 3 N–H and O–H groups in total. The monoisotopic (exact) mass is 223 g/mol. The molecule has 16 heavy (non-hydrogen) atoms. The summed E-state index contributed by atoms with van der Waals surface area (Å²) in [6.45, 7) is 1.51. The van der Waals surface area contributed by atoms with Crippen molar-refractivity contribution in [1.82, 2.24) is 4.98 Å². The second kappa shape index (κ2) is 4.61. The van der Waals surface area contributed by atoms with Crippen LogP contribution >= 0.6 is 0 Å². The van der Waals surface area contributed by atoms with Crippen LogP contribution in [0.5, 0.6) is 0 Å². The molecule has 0 saturated heterocycles. The van der Waals surface area contributed by atoms with Gasteiger partial charge in [-0.05, 0) is 19.1 Å². The van der Waals surface area contributed by atoms with Crippen LogP contribution in [0, 0.1) is 6.92 Å². The number of likely N-dealkylation sites (N-methyl/N-ethyl adjacent to an activating group) is 1. The van der Waals surface area contributed by atoms with Gasteiger partial charge in [0.1, 0.15) is 12.4 Å². The van der Waals surface area contributed by atoms with Crippen LogP contribution in [0.2, 0.25) is 0 Å². The van der Waals surface area contributed by atoms with Gasteiger partial charge in [0.25, 0.3) is 5.91 Å². The smallest absolute Gasteiger partial charge is 0.323 e. The highest BCUT2D eigenvalue weighted by atomic mass is 16.4.